The average Bonchev–Trinajstić information content (AvgIpc) is 2.95. The first-order valence-corrected chi connectivity index (χ1v) is 9.45. The van der Waals surface area contributed by atoms with Crippen LogP contribution in [0.4, 0.5) is 0 Å². The van der Waals surface area contributed by atoms with Crippen LogP contribution in [0, 0.1) is 23.2 Å². The highest BCUT2D eigenvalue weighted by molar-refractivity contribution is 9.10. The number of rotatable bonds is 5. The maximum atomic E-state index is 12.8. The van der Waals surface area contributed by atoms with Crippen molar-refractivity contribution >= 4 is 33.8 Å². The minimum atomic E-state index is -0.499. The van der Waals surface area contributed by atoms with Crippen molar-refractivity contribution in [3.8, 4) is 0 Å². The third-order valence-corrected chi connectivity index (χ3v) is 6.38. The van der Waals surface area contributed by atoms with Crippen molar-refractivity contribution in [1.82, 2.24) is 0 Å². The molecule has 0 aromatic carbocycles. The Bertz CT molecular complexity index is 652. The number of halogens is 1. The number of furan rings is 1. The number of ketones is 1. The third kappa shape index (κ3) is 3.10. The van der Waals surface area contributed by atoms with Crippen LogP contribution < -0.4 is 0 Å². The maximum Gasteiger partial charge on any atom is 0.331 e. The highest BCUT2D eigenvalue weighted by Crippen LogP contribution is 2.60. The van der Waals surface area contributed by atoms with Crippen LogP contribution in [-0.2, 0) is 14.3 Å². The van der Waals surface area contributed by atoms with Crippen molar-refractivity contribution in [1.29, 1.82) is 0 Å². The molecule has 4 aliphatic rings. The van der Waals surface area contributed by atoms with Crippen molar-refractivity contribution in [2.24, 2.45) is 23.2 Å². The molecule has 4 aliphatic carbocycles. The van der Waals surface area contributed by atoms with E-state index in [2.05, 4.69) is 15.9 Å². The van der Waals surface area contributed by atoms with E-state index in [-0.39, 0.29) is 17.8 Å². The van der Waals surface area contributed by atoms with Gasteiger partial charge in [0.05, 0.1) is 0 Å². The molecule has 4 nitrogen and oxygen atoms in total. The Morgan fingerprint density at radius 2 is 1.79 bits per heavy atom. The van der Waals surface area contributed by atoms with Crippen LogP contribution in [0.15, 0.2) is 27.3 Å². The van der Waals surface area contributed by atoms with E-state index in [9.17, 15) is 9.59 Å². The van der Waals surface area contributed by atoms with Crippen molar-refractivity contribution in [2.45, 2.75) is 38.5 Å². The molecule has 1 heterocycles. The van der Waals surface area contributed by atoms with Crippen molar-refractivity contribution < 1.29 is 18.7 Å². The number of carbonyl (C=O) groups excluding carboxylic acids is 2. The number of esters is 1. The first-order chi connectivity index (χ1) is 11.5. The van der Waals surface area contributed by atoms with E-state index in [0.717, 1.165) is 19.3 Å². The van der Waals surface area contributed by atoms with Crippen LogP contribution in [0.1, 0.15) is 44.3 Å². The fraction of sp³-hybridized carbons (Fsp3) is 0.579. The lowest BCUT2D eigenvalue weighted by atomic mass is 9.48. The first kappa shape index (κ1) is 16.1. The summed E-state index contributed by atoms with van der Waals surface area (Å²) in [6, 6.07) is 3.50. The average molecular weight is 393 g/mol. The van der Waals surface area contributed by atoms with Gasteiger partial charge in [-0.2, -0.15) is 0 Å². The molecule has 0 amide bonds. The molecule has 4 saturated carbocycles. The van der Waals surface area contributed by atoms with Crippen LogP contribution in [0.25, 0.3) is 6.08 Å². The molecule has 4 fully saturated rings. The predicted molar refractivity (Wildman–Crippen MR) is 92.0 cm³/mol. The molecule has 0 unspecified atom stereocenters. The quantitative estimate of drug-likeness (QED) is 0.550. The van der Waals surface area contributed by atoms with Gasteiger partial charge in [-0.1, -0.05) is 0 Å². The lowest BCUT2D eigenvalue weighted by Gasteiger charge is -2.55. The van der Waals surface area contributed by atoms with E-state index in [4.69, 9.17) is 9.15 Å². The van der Waals surface area contributed by atoms with E-state index >= 15 is 0 Å². The number of hydrogen-bond donors (Lipinski definition) is 0. The maximum absolute atomic E-state index is 12.8. The van der Waals surface area contributed by atoms with E-state index < -0.39 is 5.97 Å². The van der Waals surface area contributed by atoms with Gasteiger partial charge in [0.1, 0.15) is 5.76 Å². The van der Waals surface area contributed by atoms with Gasteiger partial charge in [0.2, 0.25) is 0 Å². The second kappa shape index (κ2) is 6.17. The van der Waals surface area contributed by atoms with Gasteiger partial charge in [0, 0.05) is 11.5 Å². The zero-order valence-corrected chi connectivity index (χ0v) is 15.1. The smallest absolute Gasteiger partial charge is 0.331 e. The van der Waals surface area contributed by atoms with Gasteiger partial charge in [0.15, 0.2) is 17.1 Å². The molecule has 0 atom stereocenters. The van der Waals surface area contributed by atoms with Gasteiger partial charge in [0.25, 0.3) is 0 Å². The topological polar surface area (TPSA) is 56.5 Å². The molecule has 4 bridgehead atoms. The third-order valence-electron chi connectivity index (χ3n) is 5.95. The summed E-state index contributed by atoms with van der Waals surface area (Å²) >= 11 is 3.20. The van der Waals surface area contributed by atoms with Gasteiger partial charge in [-0.25, -0.2) is 4.79 Å². The molecular weight excluding hydrogens is 372 g/mol. The Labute approximate surface area is 149 Å². The zero-order valence-electron chi connectivity index (χ0n) is 13.5. The predicted octanol–water partition coefficient (Wildman–Crippen LogP) is 4.38. The van der Waals surface area contributed by atoms with Crippen LogP contribution in [0.5, 0.6) is 0 Å². The lowest BCUT2D eigenvalue weighted by molar-refractivity contribution is -0.155. The lowest BCUT2D eigenvalue weighted by Crippen LogP contribution is -2.51. The molecule has 0 spiro atoms. The summed E-state index contributed by atoms with van der Waals surface area (Å²) in [6.45, 7) is -0.100. The fourth-order valence-electron chi connectivity index (χ4n) is 5.36. The molecule has 0 radical (unpaired) electrons. The minimum Gasteiger partial charge on any atom is -0.454 e. The van der Waals surface area contributed by atoms with Gasteiger partial charge < -0.3 is 9.15 Å². The van der Waals surface area contributed by atoms with Crippen LogP contribution >= 0.6 is 15.9 Å². The van der Waals surface area contributed by atoms with Gasteiger partial charge >= 0.3 is 5.97 Å². The summed E-state index contributed by atoms with van der Waals surface area (Å²) in [5.74, 6) is 2.34. The highest BCUT2D eigenvalue weighted by Gasteiger charge is 2.54. The molecule has 5 heteroatoms. The standard InChI is InChI=1S/C19H21BrO4/c20-17-3-1-15(24-17)2-4-18(22)23-11-16(21)19-8-12-5-13(9-19)7-14(6-12)10-19/h1-4,12-14H,5-11H2/b4-2+. The largest absolute Gasteiger partial charge is 0.454 e. The first-order valence-electron chi connectivity index (χ1n) is 8.66. The summed E-state index contributed by atoms with van der Waals surface area (Å²) in [7, 11) is 0. The van der Waals surface area contributed by atoms with Gasteiger partial charge in [-0.15, -0.1) is 0 Å². The summed E-state index contributed by atoms with van der Waals surface area (Å²) in [6.07, 6.45) is 9.76. The number of hydrogen-bond acceptors (Lipinski definition) is 4. The Morgan fingerprint density at radius 3 is 2.33 bits per heavy atom. The zero-order chi connectivity index (χ0) is 16.7. The molecule has 0 saturated heterocycles. The molecule has 24 heavy (non-hydrogen) atoms. The second-order valence-corrected chi connectivity index (χ2v) is 8.49. The molecule has 128 valence electrons. The number of carbonyl (C=O) groups is 2. The van der Waals surface area contributed by atoms with E-state index in [1.165, 1.54) is 25.3 Å². The second-order valence-electron chi connectivity index (χ2n) is 7.70. The molecule has 5 rings (SSSR count). The molecule has 0 aliphatic heterocycles. The number of ether oxygens (including phenoxy) is 1. The minimum absolute atomic E-state index is 0.100. The van der Waals surface area contributed by atoms with E-state index in [1.54, 1.807) is 18.2 Å². The molecular formula is C19H21BrO4. The summed E-state index contributed by atoms with van der Waals surface area (Å²) < 4.78 is 11.1. The Hall–Kier alpha value is -1.36. The summed E-state index contributed by atoms with van der Waals surface area (Å²) in [5.41, 5.74) is -0.204. The molecule has 0 N–H and O–H groups in total. The molecule has 1 aromatic heterocycles. The Kier molecular flexibility index (Phi) is 4.15. The Morgan fingerprint density at radius 1 is 1.17 bits per heavy atom. The van der Waals surface area contributed by atoms with E-state index in [0.29, 0.717) is 28.2 Å². The van der Waals surface area contributed by atoms with Gasteiger partial charge in [-0.05, 0) is 90.4 Å². The van der Waals surface area contributed by atoms with Crippen LogP contribution in [0.3, 0.4) is 0 Å². The normalized spacial score (nSPS) is 34.0. The fourth-order valence-corrected chi connectivity index (χ4v) is 5.68. The Balaban J connectivity index is 1.33. The number of Topliss-reactive ketones (excluding diaryl/α,β-unsaturated/α-hetero) is 1. The van der Waals surface area contributed by atoms with Crippen LogP contribution in [-0.4, -0.2) is 18.4 Å². The van der Waals surface area contributed by atoms with Crippen molar-refractivity contribution in [3.05, 3.63) is 28.6 Å². The SMILES string of the molecule is O=C(/C=C/c1ccc(Br)o1)OCC(=O)C12CC3CC(CC(C3)C1)C2. The summed E-state index contributed by atoms with van der Waals surface area (Å²) in [5, 5.41) is 0. The summed E-state index contributed by atoms with van der Waals surface area (Å²) in [4.78, 5) is 24.6. The molecule has 1 aromatic rings. The monoisotopic (exact) mass is 392 g/mol. The van der Waals surface area contributed by atoms with Gasteiger partial charge in [-0.3, -0.25) is 4.79 Å². The highest BCUT2D eigenvalue weighted by atomic mass is 79.9. The van der Waals surface area contributed by atoms with Crippen LogP contribution in [0.2, 0.25) is 0 Å². The van der Waals surface area contributed by atoms with E-state index in [1.807, 2.05) is 0 Å². The van der Waals surface area contributed by atoms with Crippen molar-refractivity contribution in [3.63, 3.8) is 0 Å². The van der Waals surface area contributed by atoms with Crippen molar-refractivity contribution in [2.75, 3.05) is 6.61 Å².